The minimum absolute atomic E-state index is 0.142. The van der Waals surface area contributed by atoms with Crippen LogP contribution in [-0.4, -0.2) is 29.4 Å². The van der Waals surface area contributed by atoms with E-state index >= 15 is 0 Å². The average molecular weight is 288 g/mol. The topological polar surface area (TPSA) is 66.8 Å². The van der Waals surface area contributed by atoms with Gasteiger partial charge in [0.15, 0.2) is 0 Å². The maximum Gasteiger partial charge on any atom is 0.338 e. The lowest BCUT2D eigenvalue weighted by atomic mass is 10.2. The lowest BCUT2D eigenvalue weighted by Gasteiger charge is -2.00. The van der Waals surface area contributed by atoms with Gasteiger partial charge in [0.1, 0.15) is 5.75 Å². The zero-order valence-corrected chi connectivity index (χ0v) is 12.0. The van der Waals surface area contributed by atoms with Crippen molar-refractivity contribution in [3.63, 3.8) is 0 Å². The molecule has 2 rings (SSSR count). The van der Waals surface area contributed by atoms with Crippen LogP contribution in [0.25, 0.3) is 0 Å². The van der Waals surface area contributed by atoms with E-state index in [9.17, 15) is 4.79 Å². The van der Waals surface area contributed by atoms with Crippen LogP contribution in [0.5, 0.6) is 5.75 Å². The molecule has 112 valence electrons. The van der Waals surface area contributed by atoms with Gasteiger partial charge in [-0.1, -0.05) is 30.3 Å². The summed E-state index contributed by atoms with van der Waals surface area (Å²) < 4.78 is 4.75. The Morgan fingerprint density at radius 2 is 1.67 bits per heavy atom. The number of aliphatic hydroxyl groups excluding tert-OH is 1. The van der Waals surface area contributed by atoms with E-state index in [0.29, 0.717) is 12.2 Å². The summed E-state index contributed by atoms with van der Waals surface area (Å²) in [5.74, 6) is -0.222. The third-order valence-electron chi connectivity index (χ3n) is 2.62. The molecular weight excluding hydrogens is 268 g/mol. The molecule has 2 aromatic carbocycles. The summed E-state index contributed by atoms with van der Waals surface area (Å²) in [7, 11) is 0. The van der Waals surface area contributed by atoms with Crippen LogP contribution in [0.4, 0.5) is 0 Å². The molecule has 0 aliphatic heterocycles. The SMILES string of the molecule is CCOC(=O)c1ccc(O)cc1.OCCc1ccccc1. The van der Waals surface area contributed by atoms with Crippen LogP contribution >= 0.6 is 0 Å². The zero-order chi connectivity index (χ0) is 15.5. The van der Waals surface area contributed by atoms with Crippen LogP contribution in [0.1, 0.15) is 22.8 Å². The van der Waals surface area contributed by atoms with E-state index in [2.05, 4.69) is 0 Å². The highest BCUT2D eigenvalue weighted by molar-refractivity contribution is 5.89. The average Bonchev–Trinajstić information content (AvgIpc) is 2.50. The number of esters is 1. The van der Waals surface area contributed by atoms with Crippen LogP contribution in [0.15, 0.2) is 54.6 Å². The van der Waals surface area contributed by atoms with Crippen molar-refractivity contribution in [3.05, 3.63) is 65.7 Å². The second-order valence-electron chi connectivity index (χ2n) is 4.23. The first-order valence-corrected chi connectivity index (χ1v) is 6.78. The van der Waals surface area contributed by atoms with Crippen molar-refractivity contribution in [3.8, 4) is 5.75 Å². The molecule has 0 aliphatic carbocycles. The highest BCUT2D eigenvalue weighted by atomic mass is 16.5. The van der Waals surface area contributed by atoms with Gasteiger partial charge in [0.2, 0.25) is 0 Å². The van der Waals surface area contributed by atoms with Crippen molar-refractivity contribution in [1.29, 1.82) is 0 Å². The fourth-order valence-corrected chi connectivity index (χ4v) is 1.59. The number of carbonyl (C=O) groups excluding carboxylic acids is 1. The van der Waals surface area contributed by atoms with Gasteiger partial charge in [0.25, 0.3) is 0 Å². The smallest absolute Gasteiger partial charge is 0.338 e. The van der Waals surface area contributed by atoms with Gasteiger partial charge < -0.3 is 14.9 Å². The zero-order valence-electron chi connectivity index (χ0n) is 12.0. The van der Waals surface area contributed by atoms with Crippen molar-refractivity contribution in [1.82, 2.24) is 0 Å². The van der Waals surface area contributed by atoms with E-state index < -0.39 is 0 Å². The fourth-order valence-electron chi connectivity index (χ4n) is 1.59. The summed E-state index contributed by atoms with van der Waals surface area (Å²) in [6, 6.07) is 15.9. The molecule has 0 bridgehead atoms. The molecule has 0 heterocycles. The molecule has 2 aromatic rings. The van der Waals surface area contributed by atoms with Crippen molar-refractivity contribution < 1.29 is 19.7 Å². The van der Waals surface area contributed by atoms with Gasteiger partial charge in [-0.15, -0.1) is 0 Å². The summed E-state index contributed by atoms with van der Waals surface area (Å²) in [6.07, 6.45) is 0.765. The Kier molecular flexibility index (Phi) is 7.61. The fraction of sp³-hybridized carbons (Fsp3) is 0.235. The summed E-state index contributed by atoms with van der Waals surface area (Å²) in [6.45, 7) is 2.35. The van der Waals surface area contributed by atoms with Gasteiger partial charge in [-0.05, 0) is 43.2 Å². The molecule has 0 saturated carbocycles. The number of carbonyl (C=O) groups is 1. The Labute approximate surface area is 124 Å². The van der Waals surface area contributed by atoms with Gasteiger partial charge in [0.05, 0.1) is 12.2 Å². The summed E-state index contributed by atoms with van der Waals surface area (Å²) >= 11 is 0. The normalized spacial score (nSPS) is 9.43. The molecule has 2 N–H and O–H groups in total. The van der Waals surface area contributed by atoms with Gasteiger partial charge in [-0.3, -0.25) is 0 Å². The van der Waals surface area contributed by atoms with Crippen molar-refractivity contribution >= 4 is 5.97 Å². The molecule has 0 aromatic heterocycles. The predicted molar refractivity (Wildman–Crippen MR) is 81.3 cm³/mol. The van der Waals surface area contributed by atoms with Crippen molar-refractivity contribution in [2.45, 2.75) is 13.3 Å². The number of benzene rings is 2. The third kappa shape index (κ3) is 6.58. The number of aliphatic hydroxyl groups is 1. The van der Waals surface area contributed by atoms with Crippen LogP contribution in [-0.2, 0) is 11.2 Å². The lowest BCUT2D eigenvalue weighted by molar-refractivity contribution is 0.0526. The number of hydrogen-bond donors (Lipinski definition) is 2. The van der Waals surface area contributed by atoms with E-state index in [4.69, 9.17) is 14.9 Å². The Hall–Kier alpha value is -2.33. The molecule has 0 amide bonds. The standard InChI is InChI=1S/C9H10O3.C8H10O/c1-2-12-9(11)7-3-5-8(10)6-4-7;9-7-6-8-4-2-1-3-5-8/h3-6,10H,2H2,1H3;1-5,9H,6-7H2. The van der Waals surface area contributed by atoms with E-state index in [1.165, 1.54) is 29.8 Å². The third-order valence-corrected chi connectivity index (χ3v) is 2.62. The molecule has 0 spiro atoms. The first-order chi connectivity index (χ1) is 10.2. The first kappa shape index (κ1) is 16.7. The van der Waals surface area contributed by atoms with Crippen molar-refractivity contribution in [2.24, 2.45) is 0 Å². The van der Waals surface area contributed by atoms with Crippen molar-refractivity contribution in [2.75, 3.05) is 13.2 Å². The first-order valence-electron chi connectivity index (χ1n) is 6.78. The minimum Gasteiger partial charge on any atom is -0.508 e. The largest absolute Gasteiger partial charge is 0.508 e. The summed E-state index contributed by atoms with van der Waals surface area (Å²) in [5.41, 5.74) is 1.65. The predicted octanol–water partition coefficient (Wildman–Crippen LogP) is 2.79. The highest BCUT2D eigenvalue weighted by Crippen LogP contribution is 2.10. The molecule has 0 aliphatic rings. The van der Waals surface area contributed by atoms with Gasteiger partial charge in [-0.2, -0.15) is 0 Å². The maximum atomic E-state index is 11.1. The van der Waals surface area contributed by atoms with Crippen LogP contribution in [0.2, 0.25) is 0 Å². The molecule has 0 fully saturated rings. The van der Waals surface area contributed by atoms with Crippen LogP contribution in [0, 0.1) is 0 Å². The molecule has 0 saturated heterocycles. The summed E-state index contributed by atoms with van der Waals surface area (Å²) in [5, 5.41) is 17.4. The number of ether oxygens (including phenoxy) is 1. The molecule has 4 heteroatoms. The van der Waals surface area contributed by atoms with Gasteiger partial charge in [0, 0.05) is 6.61 Å². The number of rotatable bonds is 4. The molecule has 4 nitrogen and oxygen atoms in total. The number of hydrogen-bond acceptors (Lipinski definition) is 4. The second-order valence-corrected chi connectivity index (χ2v) is 4.23. The van der Waals surface area contributed by atoms with E-state index in [-0.39, 0.29) is 18.3 Å². The molecule has 0 unspecified atom stereocenters. The second kappa shape index (κ2) is 9.55. The number of aromatic hydroxyl groups is 1. The monoisotopic (exact) mass is 288 g/mol. The maximum absolute atomic E-state index is 11.1. The Morgan fingerprint density at radius 3 is 2.19 bits per heavy atom. The molecule has 0 atom stereocenters. The molecular formula is C17H20O4. The number of phenolic OH excluding ortho intramolecular Hbond substituents is 1. The van der Waals surface area contributed by atoms with Crippen LogP contribution < -0.4 is 0 Å². The molecule has 0 radical (unpaired) electrons. The molecule has 21 heavy (non-hydrogen) atoms. The Morgan fingerprint density at radius 1 is 1.05 bits per heavy atom. The lowest BCUT2D eigenvalue weighted by Crippen LogP contribution is -2.03. The van der Waals surface area contributed by atoms with E-state index in [1.54, 1.807) is 6.92 Å². The van der Waals surface area contributed by atoms with E-state index in [1.807, 2.05) is 30.3 Å². The minimum atomic E-state index is -0.363. The summed E-state index contributed by atoms with van der Waals surface area (Å²) in [4.78, 5) is 11.1. The van der Waals surface area contributed by atoms with E-state index in [0.717, 1.165) is 6.42 Å². The van der Waals surface area contributed by atoms with Gasteiger partial charge >= 0.3 is 5.97 Å². The number of phenols is 1. The van der Waals surface area contributed by atoms with Gasteiger partial charge in [-0.25, -0.2) is 4.79 Å². The van der Waals surface area contributed by atoms with Crippen LogP contribution in [0.3, 0.4) is 0 Å². The quantitative estimate of drug-likeness (QED) is 0.849. The Bertz CT molecular complexity index is 520. The Balaban J connectivity index is 0.000000219. The highest BCUT2D eigenvalue weighted by Gasteiger charge is 2.04.